The van der Waals surface area contributed by atoms with Gasteiger partial charge < -0.3 is 20.5 Å². The van der Waals surface area contributed by atoms with Crippen LogP contribution in [0.3, 0.4) is 0 Å². The van der Waals surface area contributed by atoms with Crippen molar-refractivity contribution in [3.63, 3.8) is 0 Å². The average Bonchev–Trinajstić information content (AvgIpc) is 2.09. The Morgan fingerprint density at radius 3 is 2.62 bits per heavy atom. The Labute approximate surface area is 78.6 Å². The molecule has 0 aromatic rings. The molecule has 0 saturated carbocycles. The van der Waals surface area contributed by atoms with Crippen LogP contribution in [-0.4, -0.2) is 39.0 Å². The summed E-state index contributed by atoms with van der Waals surface area (Å²) in [7, 11) is 0. The van der Waals surface area contributed by atoms with E-state index in [2.05, 4.69) is 17.0 Å². The summed E-state index contributed by atoms with van der Waals surface area (Å²) in [6, 6.07) is 0. The third kappa shape index (κ3) is 11.2. The Kier molecular flexibility index (Phi) is 8.70. The normalized spacial score (nSPS) is 9.92. The smallest absolute Gasteiger partial charge is 0.404 e. The van der Waals surface area contributed by atoms with E-state index in [1.807, 2.05) is 0 Å². The Balaban J connectivity index is 2.87. The fraction of sp³-hybridized carbons (Fsp3) is 0.875. The Hall–Kier alpha value is -0.810. The van der Waals surface area contributed by atoms with Gasteiger partial charge in [-0.1, -0.05) is 6.92 Å². The van der Waals surface area contributed by atoms with Crippen molar-refractivity contribution >= 4 is 6.09 Å². The van der Waals surface area contributed by atoms with E-state index in [0.717, 1.165) is 19.6 Å². The molecule has 0 aliphatic rings. The fourth-order valence-electron chi connectivity index (χ4n) is 0.740. The van der Waals surface area contributed by atoms with Crippen LogP contribution in [0.15, 0.2) is 0 Å². The molecular weight excluding hydrogens is 172 g/mol. The lowest BCUT2D eigenvalue weighted by molar-refractivity contribution is 0.132. The molecule has 13 heavy (non-hydrogen) atoms. The molecule has 0 aliphatic carbocycles. The number of carbonyl (C=O) groups is 1. The minimum absolute atomic E-state index is 0.309. The van der Waals surface area contributed by atoms with Gasteiger partial charge in [0.1, 0.15) is 6.61 Å². The highest BCUT2D eigenvalue weighted by atomic mass is 16.5. The standard InChI is InChI=1S/C8H18N2O3/c1-2-5-12-6-3-10-4-7-13-8(9)11/h10H,2-7H2,1H3,(H2,9,11). The number of hydrogen-bond acceptors (Lipinski definition) is 4. The van der Waals surface area contributed by atoms with Crippen molar-refractivity contribution in [2.75, 3.05) is 32.9 Å². The summed E-state index contributed by atoms with van der Waals surface area (Å²) in [5.41, 5.74) is 4.76. The topological polar surface area (TPSA) is 73.6 Å². The number of ether oxygens (including phenoxy) is 2. The molecule has 0 saturated heterocycles. The summed E-state index contributed by atoms with van der Waals surface area (Å²) in [5, 5.41) is 3.04. The predicted octanol–water partition coefficient (Wildman–Crippen LogP) is 0.0979. The summed E-state index contributed by atoms with van der Waals surface area (Å²) in [6.45, 7) is 5.22. The van der Waals surface area contributed by atoms with Crippen molar-refractivity contribution in [3.8, 4) is 0 Å². The lowest BCUT2D eigenvalue weighted by Crippen LogP contribution is -2.26. The van der Waals surface area contributed by atoms with Gasteiger partial charge in [0.2, 0.25) is 0 Å². The SMILES string of the molecule is CCCOCCNCCOC(N)=O. The van der Waals surface area contributed by atoms with Crippen LogP contribution in [0.1, 0.15) is 13.3 Å². The van der Waals surface area contributed by atoms with Crippen LogP contribution >= 0.6 is 0 Å². The summed E-state index contributed by atoms with van der Waals surface area (Å²) < 4.78 is 9.72. The molecule has 0 unspecified atom stereocenters. The van der Waals surface area contributed by atoms with Crippen molar-refractivity contribution in [2.45, 2.75) is 13.3 Å². The molecule has 5 nitrogen and oxygen atoms in total. The van der Waals surface area contributed by atoms with Gasteiger partial charge in [-0.2, -0.15) is 0 Å². The van der Waals surface area contributed by atoms with Gasteiger partial charge in [0, 0.05) is 19.7 Å². The monoisotopic (exact) mass is 190 g/mol. The maximum absolute atomic E-state index is 10.1. The van der Waals surface area contributed by atoms with Gasteiger partial charge in [0.15, 0.2) is 0 Å². The zero-order valence-electron chi connectivity index (χ0n) is 8.04. The van der Waals surface area contributed by atoms with E-state index < -0.39 is 6.09 Å². The molecule has 0 aliphatic heterocycles. The second-order valence-corrected chi connectivity index (χ2v) is 2.53. The highest BCUT2D eigenvalue weighted by Crippen LogP contribution is 1.78. The molecule has 0 atom stereocenters. The van der Waals surface area contributed by atoms with Crippen LogP contribution in [-0.2, 0) is 9.47 Å². The molecule has 0 heterocycles. The van der Waals surface area contributed by atoms with Crippen LogP contribution < -0.4 is 11.1 Å². The van der Waals surface area contributed by atoms with E-state index >= 15 is 0 Å². The number of amides is 1. The first-order chi connectivity index (χ1) is 6.27. The molecular formula is C8H18N2O3. The van der Waals surface area contributed by atoms with Crippen molar-refractivity contribution < 1.29 is 14.3 Å². The van der Waals surface area contributed by atoms with Gasteiger partial charge in [-0.3, -0.25) is 0 Å². The Morgan fingerprint density at radius 1 is 1.31 bits per heavy atom. The summed E-state index contributed by atoms with van der Waals surface area (Å²) in [5.74, 6) is 0. The lowest BCUT2D eigenvalue weighted by Gasteiger charge is -2.04. The maximum atomic E-state index is 10.1. The highest BCUT2D eigenvalue weighted by Gasteiger charge is 1.92. The number of rotatable bonds is 8. The van der Waals surface area contributed by atoms with Crippen LogP contribution in [0.25, 0.3) is 0 Å². The van der Waals surface area contributed by atoms with Crippen molar-refractivity contribution in [1.82, 2.24) is 5.32 Å². The third-order valence-corrected chi connectivity index (χ3v) is 1.29. The number of nitrogens with two attached hydrogens (primary N) is 1. The van der Waals surface area contributed by atoms with Crippen LogP contribution in [0, 0.1) is 0 Å². The van der Waals surface area contributed by atoms with Crippen molar-refractivity contribution in [1.29, 1.82) is 0 Å². The van der Waals surface area contributed by atoms with E-state index in [1.54, 1.807) is 0 Å². The summed E-state index contributed by atoms with van der Waals surface area (Å²) in [6.07, 6.45) is 0.300. The van der Waals surface area contributed by atoms with Gasteiger partial charge in [-0.25, -0.2) is 4.79 Å². The average molecular weight is 190 g/mol. The first kappa shape index (κ1) is 12.2. The summed E-state index contributed by atoms with van der Waals surface area (Å²) >= 11 is 0. The number of primary amides is 1. The minimum Gasteiger partial charge on any atom is -0.448 e. The maximum Gasteiger partial charge on any atom is 0.404 e. The van der Waals surface area contributed by atoms with Crippen LogP contribution in [0.5, 0.6) is 0 Å². The molecule has 0 spiro atoms. The third-order valence-electron chi connectivity index (χ3n) is 1.29. The largest absolute Gasteiger partial charge is 0.448 e. The van der Waals surface area contributed by atoms with Gasteiger partial charge in [-0.15, -0.1) is 0 Å². The van der Waals surface area contributed by atoms with Crippen LogP contribution in [0.2, 0.25) is 0 Å². The number of nitrogens with one attached hydrogen (secondary N) is 1. The van der Waals surface area contributed by atoms with E-state index in [1.165, 1.54) is 0 Å². The molecule has 78 valence electrons. The molecule has 0 aromatic carbocycles. The van der Waals surface area contributed by atoms with E-state index in [-0.39, 0.29) is 0 Å². The highest BCUT2D eigenvalue weighted by molar-refractivity contribution is 5.64. The lowest BCUT2D eigenvalue weighted by atomic mass is 10.5. The summed E-state index contributed by atoms with van der Waals surface area (Å²) in [4.78, 5) is 10.1. The second kappa shape index (κ2) is 9.28. The number of carbonyl (C=O) groups excluding carboxylic acids is 1. The van der Waals surface area contributed by atoms with E-state index in [0.29, 0.717) is 19.8 Å². The first-order valence-corrected chi connectivity index (χ1v) is 4.48. The zero-order chi connectivity index (χ0) is 9.94. The number of hydrogen-bond donors (Lipinski definition) is 2. The van der Waals surface area contributed by atoms with Crippen LogP contribution in [0.4, 0.5) is 4.79 Å². The minimum atomic E-state index is -0.732. The second-order valence-electron chi connectivity index (χ2n) is 2.53. The molecule has 0 aromatic heterocycles. The van der Waals surface area contributed by atoms with Gasteiger partial charge in [0.25, 0.3) is 0 Å². The Morgan fingerprint density at radius 2 is 2.00 bits per heavy atom. The molecule has 3 N–H and O–H groups in total. The quantitative estimate of drug-likeness (QED) is 0.532. The Bertz CT molecular complexity index is 131. The van der Waals surface area contributed by atoms with Crippen molar-refractivity contribution in [3.05, 3.63) is 0 Å². The van der Waals surface area contributed by atoms with Gasteiger partial charge in [0.05, 0.1) is 6.61 Å². The molecule has 0 bridgehead atoms. The first-order valence-electron chi connectivity index (χ1n) is 4.48. The van der Waals surface area contributed by atoms with E-state index in [9.17, 15) is 4.79 Å². The predicted molar refractivity (Wildman–Crippen MR) is 49.5 cm³/mol. The molecule has 5 heteroatoms. The molecule has 0 rings (SSSR count). The van der Waals surface area contributed by atoms with Gasteiger partial charge >= 0.3 is 6.09 Å². The van der Waals surface area contributed by atoms with Crippen molar-refractivity contribution in [2.24, 2.45) is 5.73 Å². The zero-order valence-corrected chi connectivity index (χ0v) is 8.04. The molecule has 0 fully saturated rings. The molecule has 0 radical (unpaired) electrons. The molecule has 1 amide bonds. The van der Waals surface area contributed by atoms with E-state index in [4.69, 9.17) is 10.5 Å². The van der Waals surface area contributed by atoms with Gasteiger partial charge in [-0.05, 0) is 6.42 Å². The fourth-order valence-corrected chi connectivity index (χ4v) is 0.740.